The minimum absolute atomic E-state index is 0.0781. The first-order valence-corrected chi connectivity index (χ1v) is 8.94. The SMILES string of the molecule is CC[C@@H](NC(=O)C[C@H](NC(N)=O)c1ccccc1)c1ccc(Br)cc1. The van der Waals surface area contributed by atoms with Gasteiger partial charge in [0.1, 0.15) is 0 Å². The van der Waals surface area contributed by atoms with Gasteiger partial charge in [0, 0.05) is 4.47 Å². The molecule has 0 radical (unpaired) electrons. The van der Waals surface area contributed by atoms with E-state index in [0.717, 1.165) is 22.0 Å². The molecule has 0 heterocycles. The number of primary amides is 1. The molecule has 5 nitrogen and oxygen atoms in total. The zero-order valence-electron chi connectivity index (χ0n) is 14.0. The maximum absolute atomic E-state index is 12.5. The second kappa shape index (κ2) is 9.22. The number of carbonyl (C=O) groups is 2. The van der Waals surface area contributed by atoms with Crippen LogP contribution in [0.1, 0.15) is 43.0 Å². The van der Waals surface area contributed by atoms with Gasteiger partial charge in [0.2, 0.25) is 5.91 Å². The smallest absolute Gasteiger partial charge is 0.312 e. The Morgan fingerprint density at radius 1 is 0.960 bits per heavy atom. The maximum atomic E-state index is 12.5. The van der Waals surface area contributed by atoms with Gasteiger partial charge in [-0.3, -0.25) is 4.79 Å². The summed E-state index contributed by atoms with van der Waals surface area (Å²) in [5.41, 5.74) is 7.13. The molecule has 132 valence electrons. The number of rotatable bonds is 7. The molecule has 0 saturated heterocycles. The van der Waals surface area contributed by atoms with Gasteiger partial charge in [-0.05, 0) is 29.7 Å². The highest BCUT2D eigenvalue weighted by Gasteiger charge is 2.19. The third-order valence-corrected chi connectivity index (χ3v) is 4.45. The van der Waals surface area contributed by atoms with Gasteiger partial charge in [-0.1, -0.05) is 65.3 Å². The first kappa shape index (κ1) is 19.0. The molecule has 6 heteroatoms. The van der Waals surface area contributed by atoms with Crippen LogP contribution in [-0.2, 0) is 4.79 Å². The van der Waals surface area contributed by atoms with Gasteiger partial charge < -0.3 is 16.4 Å². The Kier molecular flexibility index (Phi) is 7.01. The van der Waals surface area contributed by atoms with E-state index in [0.29, 0.717) is 0 Å². The number of nitrogens with two attached hydrogens (primary N) is 1. The minimum Gasteiger partial charge on any atom is -0.352 e. The van der Waals surface area contributed by atoms with Gasteiger partial charge in [0.15, 0.2) is 0 Å². The topological polar surface area (TPSA) is 84.2 Å². The van der Waals surface area contributed by atoms with E-state index in [4.69, 9.17) is 5.73 Å². The summed E-state index contributed by atoms with van der Waals surface area (Å²) in [4.78, 5) is 23.8. The molecule has 0 bridgehead atoms. The van der Waals surface area contributed by atoms with Crippen molar-refractivity contribution >= 4 is 27.9 Å². The van der Waals surface area contributed by atoms with Crippen LogP contribution in [0.4, 0.5) is 4.79 Å². The van der Waals surface area contributed by atoms with Crippen LogP contribution in [0.5, 0.6) is 0 Å². The number of urea groups is 1. The summed E-state index contributed by atoms with van der Waals surface area (Å²) in [6, 6.07) is 16.0. The standard InChI is InChI=1S/C19H22BrN3O2/c1-2-16(14-8-10-15(20)11-9-14)22-18(24)12-17(23-19(21)25)13-6-4-3-5-7-13/h3-11,16-17H,2,12H2,1H3,(H,22,24)(H3,21,23,25)/t16-,17+/m1/s1. The van der Waals surface area contributed by atoms with Gasteiger partial charge in [-0.2, -0.15) is 0 Å². The Morgan fingerprint density at radius 2 is 1.56 bits per heavy atom. The molecule has 0 fully saturated rings. The second-order valence-electron chi connectivity index (χ2n) is 5.76. The van der Waals surface area contributed by atoms with E-state index in [-0.39, 0.29) is 18.4 Å². The number of hydrogen-bond donors (Lipinski definition) is 3. The van der Waals surface area contributed by atoms with Crippen LogP contribution in [0, 0.1) is 0 Å². The second-order valence-corrected chi connectivity index (χ2v) is 6.67. The van der Waals surface area contributed by atoms with Crippen molar-refractivity contribution in [1.82, 2.24) is 10.6 Å². The van der Waals surface area contributed by atoms with E-state index < -0.39 is 12.1 Å². The summed E-state index contributed by atoms with van der Waals surface area (Å²) in [5, 5.41) is 5.67. The fourth-order valence-corrected chi connectivity index (χ4v) is 2.93. The summed E-state index contributed by atoms with van der Waals surface area (Å²) in [7, 11) is 0. The van der Waals surface area contributed by atoms with Crippen molar-refractivity contribution < 1.29 is 9.59 Å². The first-order chi connectivity index (χ1) is 12.0. The van der Waals surface area contributed by atoms with Gasteiger partial charge >= 0.3 is 6.03 Å². The van der Waals surface area contributed by atoms with Crippen LogP contribution in [0.15, 0.2) is 59.1 Å². The van der Waals surface area contributed by atoms with Crippen LogP contribution in [0.3, 0.4) is 0 Å². The van der Waals surface area contributed by atoms with Crippen molar-refractivity contribution in [3.63, 3.8) is 0 Å². The third-order valence-electron chi connectivity index (χ3n) is 3.92. The molecule has 4 N–H and O–H groups in total. The number of nitrogens with one attached hydrogen (secondary N) is 2. The number of hydrogen-bond acceptors (Lipinski definition) is 2. The van der Waals surface area contributed by atoms with Gasteiger partial charge in [0.05, 0.1) is 18.5 Å². The highest BCUT2D eigenvalue weighted by molar-refractivity contribution is 9.10. The summed E-state index contributed by atoms with van der Waals surface area (Å²) in [6.07, 6.45) is 0.895. The molecule has 2 aromatic rings. The van der Waals surface area contributed by atoms with Crippen molar-refractivity contribution in [3.8, 4) is 0 Å². The number of carbonyl (C=O) groups excluding carboxylic acids is 2. The van der Waals surface area contributed by atoms with Crippen molar-refractivity contribution in [1.29, 1.82) is 0 Å². The average Bonchev–Trinajstić information content (AvgIpc) is 2.60. The molecule has 2 rings (SSSR count). The predicted molar refractivity (Wildman–Crippen MR) is 102 cm³/mol. The first-order valence-electron chi connectivity index (χ1n) is 8.15. The molecule has 2 atom stereocenters. The Labute approximate surface area is 156 Å². The van der Waals surface area contributed by atoms with E-state index in [9.17, 15) is 9.59 Å². The molecule has 3 amide bonds. The van der Waals surface area contributed by atoms with Crippen LogP contribution in [0.25, 0.3) is 0 Å². The molecule has 0 spiro atoms. The van der Waals surface area contributed by atoms with E-state index >= 15 is 0 Å². The molecule has 0 aliphatic rings. The van der Waals surface area contributed by atoms with E-state index in [2.05, 4.69) is 26.6 Å². The van der Waals surface area contributed by atoms with Crippen molar-refractivity contribution in [2.45, 2.75) is 31.8 Å². The Bertz CT molecular complexity index is 704. The quantitative estimate of drug-likeness (QED) is 0.656. The number of halogens is 1. The lowest BCUT2D eigenvalue weighted by atomic mass is 10.0. The zero-order valence-corrected chi connectivity index (χ0v) is 15.6. The van der Waals surface area contributed by atoms with Gasteiger partial charge in [-0.15, -0.1) is 0 Å². The normalized spacial score (nSPS) is 12.9. The minimum atomic E-state index is -0.651. The summed E-state index contributed by atoms with van der Waals surface area (Å²) < 4.78 is 0.993. The lowest BCUT2D eigenvalue weighted by Gasteiger charge is -2.21. The zero-order chi connectivity index (χ0) is 18.2. The Hall–Kier alpha value is -2.34. The van der Waals surface area contributed by atoms with Crippen LogP contribution in [0.2, 0.25) is 0 Å². The fraction of sp³-hybridized carbons (Fsp3) is 0.263. The molecule has 0 saturated carbocycles. The van der Waals surface area contributed by atoms with Crippen molar-refractivity contribution in [2.24, 2.45) is 5.73 Å². The van der Waals surface area contributed by atoms with E-state index in [1.54, 1.807) is 0 Å². The van der Waals surface area contributed by atoms with E-state index in [1.807, 2.05) is 61.5 Å². The highest BCUT2D eigenvalue weighted by atomic mass is 79.9. The van der Waals surface area contributed by atoms with Gasteiger partial charge in [0.25, 0.3) is 0 Å². The lowest BCUT2D eigenvalue weighted by Crippen LogP contribution is -2.37. The average molecular weight is 404 g/mol. The summed E-state index contributed by atoms with van der Waals surface area (Å²) in [6.45, 7) is 2.02. The monoisotopic (exact) mass is 403 g/mol. The van der Waals surface area contributed by atoms with Crippen LogP contribution in [-0.4, -0.2) is 11.9 Å². The number of benzene rings is 2. The predicted octanol–water partition coefficient (Wildman–Crippen LogP) is 3.82. The molecule has 25 heavy (non-hydrogen) atoms. The van der Waals surface area contributed by atoms with Crippen molar-refractivity contribution in [3.05, 3.63) is 70.2 Å². The molecular weight excluding hydrogens is 382 g/mol. The van der Waals surface area contributed by atoms with Gasteiger partial charge in [-0.25, -0.2) is 4.79 Å². The third kappa shape index (κ3) is 5.90. The lowest BCUT2D eigenvalue weighted by molar-refractivity contribution is -0.122. The van der Waals surface area contributed by atoms with E-state index in [1.165, 1.54) is 0 Å². The molecule has 0 unspecified atom stereocenters. The molecule has 2 aromatic carbocycles. The largest absolute Gasteiger partial charge is 0.352 e. The maximum Gasteiger partial charge on any atom is 0.312 e. The fourth-order valence-electron chi connectivity index (χ4n) is 2.66. The molecule has 0 aliphatic heterocycles. The van der Waals surface area contributed by atoms with Crippen LogP contribution >= 0.6 is 15.9 Å². The summed E-state index contributed by atoms with van der Waals surface area (Å²) >= 11 is 3.41. The summed E-state index contributed by atoms with van der Waals surface area (Å²) in [5.74, 6) is -0.141. The van der Waals surface area contributed by atoms with Crippen LogP contribution < -0.4 is 16.4 Å². The Morgan fingerprint density at radius 3 is 2.12 bits per heavy atom. The van der Waals surface area contributed by atoms with Crippen molar-refractivity contribution in [2.75, 3.05) is 0 Å². The molecule has 0 aliphatic carbocycles. The Balaban J connectivity index is 2.06. The highest BCUT2D eigenvalue weighted by Crippen LogP contribution is 2.21. The molecule has 0 aromatic heterocycles. The number of amides is 3. The molecular formula is C19H22BrN3O2.